The summed E-state index contributed by atoms with van der Waals surface area (Å²) in [5, 5.41) is 9.88. The van der Waals surface area contributed by atoms with Crippen molar-refractivity contribution >= 4 is 32.6 Å². The van der Waals surface area contributed by atoms with Crippen LogP contribution in [-0.4, -0.2) is 10.4 Å². The van der Waals surface area contributed by atoms with E-state index in [9.17, 15) is 4.79 Å². The molecule has 102 valence electrons. The number of carbonyl (C=O) groups excluding carboxylic acids is 1. The molecule has 3 rings (SSSR count). The normalized spacial score (nSPS) is 10.5. The molecule has 0 atom stereocenters. The molecular weight excluding hydrogens is 328 g/mol. The number of para-hydroxylation sites is 1. The summed E-state index contributed by atoms with van der Waals surface area (Å²) in [6, 6.07) is 17.5. The fourth-order valence-electron chi connectivity index (χ4n) is 2.40. The number of Topliss-reactive ketones (excluding diaryl/α,β-unsaturated/α-hetero) is 1. The third kappa shape index (κ3) is 2.48. The Bertz CT molecular complexity index is 874. The van der Waals surface area contributed by atoms with Crippen LogP contribution in [0.5, 0.6) is 0 Å². The van der Waals surface area contributed by atoms with E-state index in [0.717, 1.165) is 21.1 Å². The Morgan fingerprint density at radius 3 is 2.81 bits per heavy atom. The molecule has 0 N–H and O–H groups in total. The second-order valence-electron chi connectivity index (χ2n) is 4.66. The molecule has 3 nitrogen and oxygen atoms in total. The maximum Gasteiger partial charge on any atom is 0.179 e. The van der Waals surface area contributed by atoms with Crippen molar-refractivity contribution in [3.05, 3.63) is 64.8 Å². The van der Waals surface area contributed by atoms with Gasteiger partial charge in [0.1, 0.15) is 0 Å². The first kappa shape index (κ1) is 13.6. The van der Waals surface area contributed by atoms with Crippen LogP contribution >= 0.6 is 15.9 Å². The predicted molar refractivity (Wildman–Crippen MR) is 85.5 cm³/mol. The van der Waals surface area contributed by atoms with E-state index in [0.29, 0.717) is 5.56 Å². The smallest absolute Gasteiger partial charge is 0.179 e. The van der Waals surface area contributed by atoms with Gasteiger partial charge in [-0.3, -0.25) is 4.79 Å². The van der Waals surface area contributed by atoms with E-state index in [1.54, 1.807) is 6.07 Å². The monoisotopic (exact) mass is 338 g/mol. The van der Waals surface area contributed by atoms with Gasteiger partial charge in [-0.1, -0.05) is 34.1 Å². The van der Waals surface area contributed by atoms with Crippen LogP contribution in [0.25, 0.3) is 16.6 Å². The highest BCUT2D eigenvalue weighted by molar-refractivity contribution is 9.10. The van der Waals surface area contributed by atoms with Gasteiger partial charge in [-0.05, 0) is 35.7 Å². The summed E-state index contributed by atoms with van der Waals surface area (Å²) in [6.07, 6.45) is 1.82. The zero-order valence-electron chi connectivity index (χ0n) is 11.1. The lowest BCUT2D eigenvalue weighted by Gasteiger charge is -2.11. The van der Waals surface area contributed by atoms with Crippen molar-refractivity contribution in [1.29, 1.82) is 5.26 Å². The number of carbonyl (C=O) groups is 1. The van der Waals surface area contributed by atoms with Crippen molar-refractivity contribution in [2.75, 3.05) is 0 Å². The Hall–Kier alpha value is -2.38. The molecule has 3 aromatic rings. The topological polar surface area (TPSA) is 45.8 Å². The van der Waals surface area contributed by atoms with Crippen LogP contribution in [-0.2, 0) is 0 Å². The third-order valence-electron chi connectivity index (χ3n) is 3.36. The molecule has 0 saturated heterocycles. The molecule has 0 saturated carbocycles. The van der Waals surface area contributed by atoms with Crippen LogP contribution in [0.4, 0.5) is 0 Å². The molecule has 21 heavy (non-hydrogen) atoms. The molecule has 1 aromatic heterocycles. The first-order valence-corrected chi connectivity index (χ1v) is 7.26. The van der Waals surface area contributed by atoms with E-state index >= 15 is 0 Å². The average molecular weight is 339 g/mol. The third-order valence-corrected chi connectivity index (χ3v) is 3.85. The first-order valence-electron chi connectivity index (χ1n) is 6.47. The van der Waals surface area contributed by atoms with Crippen LogP contribution in [0.15, 0.2) is 59.2 Å². The number of benzene rings is 2. The Kier molecular flexibility index (Phi) is 3.59. The fourth-order valence-corrected chi connectivity index (χ4v) is 2.76. The maximum atomic E-state index is 12.2. The van der Waals surface area contributed by atoms with E-state index in [1.807, 2.05) is 59.3 Å². The van der Waals surface area contributed by atoms with Crippen LogP contribution in [0.1, 0.15) is 16.8 Å². The molecule has 0 amide bonds. The van der Waals surface area contributed by atoms with Gasteiger partial charge in [0.25, 0.3) is 0 Å². The van der Waals surface area contributed by atoms with Gasteiger partial charge in [0.2, 0.25) is 0 Å². The maximum absolute atomic E-state index is 12.2. The molecule has 4 heteroatoms. The van der Waals surface area contributed by atoms with Gasteiger partial charge < -0.3 is 4.57 Å². The summed E-state index contributed by atoms with van der Waals surface area (Å²) in [6.45, 7) is 0. The summed E-state index contributed by atoms with van der Waals surface area (Å²) in [5.41, 5.74) is 2.37. The number of nitrogens with zero attached hydrogens (tertiary/aromatic N) is 2. The number of ketones is 1. The summed E-state index contributed by atoms with van der Waals surface area (Å²) >= 11 is 3.38. The van der Waals surface area contributed by atoms with Crippen LogP contribution < -0.4 is 0 Å². The Morgan fingerprint density at radius 2 is 2.00 bits per heavy atom. The van der Waals surface area contributed by atoms with Gasteiger partial charge in [-0.15, -0.1) is 0 Å². The van der Waals surface area contributed by atoms with Gasteiger partial charge in [0, 0.05) is 16.2 Å². The van der Waals surface area contributed by atoms with E-state index in [-0.39, 0.29) is 12.2 Å². The summed E-state index contributed by atoms with van der Waals surface area (Å²) in [4.78, 5) is 12.2. The average Bonchev–Trinajstić information content (AvgIpc) is 2.91. The minimum atomic E-state index is -0.174. The van der Waals surface area contributed by atoms with E-state index in [2.05, 4.69) is 15.9 Å². The van der Waals surface area contributed by atoms with Crippen LogP contribution in [0.3, 0.4) is 0 Å². The fraction of sp³-hybridized carbons (Fsp3) is 0.0588. The molecule has 0 unspecified atom stereocenters. The predicted octanol–water partition coefficient (Wildman–Crippen LogP) is 4.49. The molecule has 0 bridgehead atoms. The lowest BCUT2D eigenvalue weighted by Crippen LogP contribution is -2.05. The molecule has 0 spiro atoms. The minimum absolute atomic E-state index is 0.122. The van der Waals surface area contributed by atoms with Gasteiger partial charge in [-0.2, -0.15) is 5.26 Å². The van der Waals surface area contributed by atoms with E-state index in [1.165, 1.54) is 0 Å². The van der Waals surface area contributed by atoms with Crippen molar-refractivity contribution in [3.8, 4) is 11.8 Å². The van der Waals surface area contributed by atoms with Crippen LogP contribution in [0.2, 0.25) is 0 Å². The van der Waals surface area contributed by atoms with Crippen molar-refractivity contribution in [2.45, 2.75) is 6.42 Å². The molecular formula is C17H11BrN2O. The van der Waals surface area contributed by atoms with E-state index < -0.39 is 0 Å². The van der Waals surface area contributed by atoms with E-state index in [4.69, 9.17) is 5.26 Å². The molecule has 0 aliphatic heterocycles. The number of halogens is 1. The summed E-state index contributed by atoms with van der Waals surface area (Å²) < 4.78 is 2.80. The number of rotatable bonds is 3. The summed E-state index contributed by atoms with van der Waals surface area (Å²) in [7, 11) is 0. The number of hydrogen-bond donors (Lipinski definition) is 0. The van der Waals surface area contributed by atoms with Crippen molar-refractivity contribution < 1.29 is 4.79 Å². The Labute approximate surface area is 130 Å². The molecule has 0 radical (unpaired) electrons. The lowest BCUT2D eigenvalue weighted by molar-refractivity contribution is 0.0997. The number of aromatic nitrogens is 1. The highest BCUT2D eigenvalue weighted by atomic mass is 79.9. The molecule has 0 aliphatic carbocycles. The number of fused-ring (bicyclic) bond motifs is 1. The van der Waals surface area contributed by atoms with Crippen molar-refractivity contribution in [2.24, 2.45) is 0 Å². The largest absolute Gasteiger partial charge is 0.316 e. The molecule has 1 heterocycles. The lowest BCUT2D eigenvalue weighted by atomic mass is 10.1. The van der Waals surface area contributed by atoms with Crippen LogP contribution in [0, 0.1) is 11.3 Å². The van der Waals surface area contributed by atoms with Gasteiger partial charge in [0.05, 0.1) is 23.7 Å². The number of nitriles is 1. The van der Waals surface area contributed by atoms with Crippen molar-refractivity contribution in [3.63, 3.8) is 0 Å². The minimum Gasteiger partial charge on any atom is -0.316 e. The molecule has 0 fully saturated rings. The SMILES string of the molecule is N#CCC(=O)c1cc(Br)ccc1-n1ccc2ccccc21. The van der Waals surface area contributed by atoms with Gasteiger partial charge >= 0.3 is 0 Å². The first-order chi connectivity index (χ1) is 10.2. The zero-order valence-corrected chi connectivity index (χ0v) is 12.7. The second kappa shape index (κ2) is 5.55. The highest BCUT2D eigenvalue weighted by Gasteiger charge is 2.14. The second-order valence-corrected chi connectivity index (χ2v) is 5.58. The Balaban J connectivity index is 2.23. The van der Waals surface area contributed by atoms with Gasteiger partial charge in [-0.25, -0.2) is 0 Å². The zero-order chi connectivity index (χ0) is 14.8. The Morgan fingerprint density at radius 1 is 1.19 bits per heavy atom. The molecule has 2 aromatic carbocycles. The molecule has 0 aliphatic rings. The van der Waals surface area contributed by atoms with Gasteiger partial charge in [0.15, 0.2) is 5.78 Å². The standard InChI is InChI=1S/C17H11BrN2O/c18-13-5-6-16(14(11-13)17(21)7-9-19)20-10-8-12-3-1-2-4-15(12)20/h1-6,8,10-11H,7H2. The summed E-state index contributed by atoms with van der Waals surface area (Å²) in [5.74, 6) is -0.174. The number of hydrogen-bond acceptors (Lipinski definition) is 2. The van der Waals surface area contributed by atoms with Crippen molar-refractivity contribution in [1.82, 2.24) is 4.57 Å². The quantitative estimate of drug-likeness (QED) is 0.660. The highest BCUT2D eigenvalue weighted by Crippen LogP contribution is 2.26.